The molecule has 0 aliphatic rings. The van der Waals surface area contributed by atoms with Gasteiger partial charge in [-0.2, -0.15) is 0 Å². The van der Waals surface area contributed by atoms with Crippen LogP contribution in [0.5, 0.6) is 0 Å². The van der Waals surface area contributed by atoms with Crippen molar-refractivity contribution >= 4 is 17.5 Å². The van der Waals surface area contributed by atoms with E-state index in [0.717, 1.165) is 17.7 Å². The molecule has 1 amide bonds. The van der Waals surface area contributed by atoms with Gasteiger partial charge in [0, 0.05) is 18.3 Å². The Balaban J connectivity index is 1.73. The standard InChI is InChI=1S/C19H15F3N4O/c1-11-8-17(18(27)25-16-7-6-14(21)9-15(16)22)26-19(24-11)23-10-12-2-4-13(20)5-3-12/h2-9H,10H2,1H3,(H,25,27)(H,23,24,26). The van der Waals surface area contributed by atoms with Crippen molar-refractivity contribution in [3.05, 3.63) is 82.9 Å². The van der Waals surface area contributed by atoms with E-state index < -0.39 is 17.5 Å². The van der Waals surface area contributed by atoms with Crippen LogP contribution in [0.15, 0.2) is 48.5 Å². The molecule has 3 aromatic rings. The highest BCUT2D eigenvalue weighted by Crippen LogP contribution is 2.16. The molecule has 2 N–H and O–H groups in total. The molecular weight excluding hydrogens is 357 g/mol. The van der Waals surface area contributed by atoms with Gasteiger partial charge >= 0.3 is 0 Å². The molecule has 0 saturated heterocycles. The lowest BCUT2D eigenvalue weighted by molar-refractivity contribution is 0.102. The van der Waals surface area contributed by atoms with Crippen LogP contribution in [0, 0.1) is 24.4 Å². The second-order valence-corrected chi connectivity index (χ2v) is 5.78. The first-order valence-corrected chi connectivity index (χ1v) is 8.01. The van der Waals surface area contributed by atoms with Crippen molar-refractivity contribution in [3.63, 3.8) is 0 Å². The summed E-state index contributed by atoms with van der Waals surface area (Å²) in [6.45, 7) is 2.01. The zero-order chi connectivity index (χ0) is 19.4. The molecule has 0 spiro atoms. The number of aryl methyl sites for hydroxylation is 1. The van der Waals surface area contributed by atoms with Crippen LogP contribution in [0.2, 0.25) is 0 Å². The lowest BCUT2D eigenvalue weighted by Crippen LogP contribution is -2.17. The number of anilines is 2. The maximum absolute atomic E-state index is 13.7. The first-order chi connectivity index (χ1) is 12.9. The highest BCUT2D eigenvalue weighted by atomic mass is 19.1. The van der Waals surface area contributed by atoms with Gasteiger partial charge in [0.1, 0.15) is 23.1 Å². The Hall–Kier alpha value is -3.42. The van der Waals surface area contributed by atoms with Gasteiger partial charge in [0.2, 0.25) is 5.95 Å². The lowest BCUT2D eigenvalue weighted by Gasteiger charge is -2.09. The first kappa shape index (κ1) is 18.4. The molecule has 0 bridgehead atoms. The van der Waals surface area contributed by atoms with Gasteiger partial charge < -0.3 is 10.6 Å². The van der Waals surface area contributed by atoms with E-state index in [2.05, 4.69) is 20.6 Å². The highest BCUT2D eigenvalue weighted by Gasteiger charge is 2.13. The molecule has 0 aliphatic carbocycles. The summed E-state index contributed by atoms with van der Waals surface area (Å²) in [4.78, 5) is 20.6. The van der Waals surface area contributed by atoms with Gasteiger partial charge in [-0.05, 0) is 42.8 Å². The molecule has 8 heteroatoms. The fourth-order valence-corrected chi connectivity index (χ4v) is 2.32. The van der Waals surface area contributed by atoms with E-state index in [1.807, 2.05) is 0 Å². The molecule has 2 aromatic carbocycles. The van der Waals surface area contributed by atoms with Gasteiger partial charge in [-0.1, -0.05) is 12.1 Å². The van der Waals surface area contributed by atoms with Gasteiger partial charge in [-0.15, -0.1) is 0 Å². The van der Waals surface area contributed by atoms with E-state index >= 15 is 0 Å². The van der Waals surface area contributed by atoms with Gasteiger partial charge in [-0.3, -0.25) is 4.79 Å². The number of carbonyl (C=O) groups is 1. The van der Waals surface area contributed by atoms with E-state index in [9.17, 15) is 18.0 Å². The van der Waals surface area contributed by atoms with Crippen LogP contribution < -0.4 is 10.6 Å². The molecular formula is C19H15F3N4O. The first-order valence-electron chi connectivity index (χ1n) is 8.01. The number of aromatic nitrogens is 2. The lowest BCUT2D eigenvalue weighted by atomic mass is 10.2. The number of hydrogen-bond acceptors (Lipinski definition) is 4. The number of halogens is 3. The summed E-state index contributed by atoms with van der Waals surface area (Å²) in [6, 6.07) is 10.2. The molecule has 3 rings (SSSR count). The Morgan fingerprint density at radius 1 is 0.963 bits per heavy atom. The third-order valence-electron chi connectivity index (χ3n) is 3.63. The highest BCUT2D eigenvalue weighted by molar-refractivity contribution is 6.03. The Morgan fingerprint density at radius 2 is 1.67 bits per heavy atom. The van der Waals surface area contributed by atoms with Crippen molar-refractivity contribution in [1.82, 2.24) is 9.97 Å². The summed E-state index contributed by atoms with van der Waals surface area (Å²) in [7, 11) is 0. The van der Waals surface area contributed by atoms with Gasteiger partial charge in [0.05, 0.1) is 5.69 Å². The van der Waals surface area contributed by atoms with Crippen LogP contribution in [-0.4, -0.2) is 15.9 Å². The van der Waals surface area contributed by atoms with Crippen molar-refractivity contribution in [2.24, 2.45) is 0 Å². The minimum absolute atomic E-state index is 0.0211. The Morgan fingerprint density at radius 3 is 2.37 bits per heavy atom. The quantitative estimate of drug-likeness (QED) is 0.709. The number of amides is 1. The SMILES string of the molecule is Cc1cc(C(=O)Nc2ccc(F)cc2F)nc(NCc2ccc(F)cc2)n1. The zero-order valence-corrected chi connectivity index (χ0v) is 14.3. The monoisotopic (exact) mass is 372 g/mol. The van der Waals surface area contributed by atoms with Crippen molar-refractivity contribution < 1.29 is 18.0 Å². The fourth-order valence-electron chi connectivity index (χ4n) is 2.32. The smallest absolute Gasteiger partial charge is 0.274 e. The van der Waals surface area contributed by atoms with Gasteiger partial charge in [-0.25, -0.2) is 23.1 Å². The molecule has 0 saturated carbocycles. The minimum Gasteiger partial charge on any atom is -0.350 e. The zero-order valence-electron chi connectivity index (χ0n) is 14.3. The number of hydrogen-bond donors (Lipinski definition) is 2. The summed E-state index contributed by atoms with van der Waals surface area (Å²) >= 11 is 0. The van der Waals surface area contributed by atoms with Crippen LogP contribution in [0.1, 0.15) is 21.7 Å². The third kappa shape index (κ3) is 4.81. The average molecular weight is 372 g/mol. The van der Waals surface area contributed by atoms with E-state index in [1.54, 1.807) is 19.1 Å². The fraction of sp³-hybridized carbons (Fsp3) is 0.105. The molecule has 0 atom stereocenters. The van der Waals surface area contributed by atoms with E-state index in [4.69, 9.17) is 0 Å². The Labute approximate surface area is 153 Å². The van der Waals surface area contributed by atoms with E-state index in [1.165, 1.54) is 18.2 Å². The minimum atomic E-state index is -0.885. The maximum Gasteiger partial charge on any atom is 0.274 e. The third-order valence-corrected chi connectivity index (χ3v) is 3.63. The van der Waals surface area contributed by atoms with Crippen LogP contribution in [0.25, 0.3) is 0 Å². The van der Waals surface area contributed by atoms with Crippen molar-refractivity contribution in [2.75, 3.05) is 10.6 Å². The van der Waals surface area contributed by atoms with Crippen LogP contribution in [-0.2, 0) is 6.54 Å². The maximum atomic E-state index is 13.7. The van der Waals surface area contributed by atoms with E-state index in [-0.39, 0.29) is 23.1 Å². The molecule has 138 valence electrons. The molecule has 0 radical (unpaired) electrons. The summed E-state index contributed by atoms with van der Waals surface area (Å²) in [6.07, 6.45) is 0. The molecule has 0 aliphatic heterocycles. The Kier molecular flexibility index (Phi) is 5.35. The molecule has 1 heterocycles. The molecule has 0 fully saturated rings. The normalized spacial score (nSPS) is 10.5. The van der Waals surface area contributed by atoms with E-state index in [0.29, 0.717) is 18.3 Å². The second kappa shape index (κ2) is 7.86. The van der Waals surface area contributed by atoms with Crippen molar-refractivity contribution in [3.8, 4) is 0 Å². The van der Waals surface area contributed by atoms with Crippen molar-refractivity contribution in [1.29, 1.82) is 0 Å². The molecule has 0 unspecified atom stereocenters. The van der Waals surface area contributed by atoms with Crippen LogP contribution in [0.3, 0.4) is 0 Å². The predicted octanol–water partition coefficient (Wildman–Crippen LogP) is 4.07. The summed E-state index contributed by atoms with van der Waals surface area (Å²) in [5, 5.41) is 5.30. The van der Waals surface area contributed by atoms with Gasteiger partial charge in [0.25, 0.3) is 5.91 Å². The number of benzene rings is 2. The topological polar surface area (TPSA) is 66.9 Å². The average Bonchev–Trinajstić information content (AvgIpc) is 2.63. The number of nitrogens with zero attached hydrogens (tertiary/aromatic N) is 2. The van der Waals surface area contributed by atoms with Crippen LogP contribution >= 0.6 is 0 Å². The Bertz CT molecular complexity index is 977. The second-order valence-electron chi connectivity index (χ2n) is 5.78. The number of carbonyl (C=O) groups excluding carboxylic acids is 1. The summed E-state index contributed by atoms with van der Waals surface area (Å²) < 4.78 is 39.6. The number of rotatable bonds is 5. The van der Waals surface area contributed by atoms with Gasteiger partial charge in [0.15, 0.2) is 0 Å². The van der Waals surface area contributed by atoms with Crippen LogP contribution in [0.4, 0.5) is 24.8 Å². The predicted molar refractivity (Wildman–Crippen MR) is 94.8 cm³/mol. The molecule has 5 nitrogen and oxygen atoms in total. The number of nitrogens with one attached hydrogen (secondary N) is 2. The summed E-state index contributed by atoms with van der Waals surface area (Å²) in [5.41, 5.74) is 1.20. The van der Waals surface area contributed by atoms with Crippen molar-refractivity contribution in [2.45, 2.75) is 13.5 Å². The largest absolute Gasteiger partial charge is 0.350 e. The molecule has 27 heavy (non-hydrogen) atoms. The molecule has 1 aromatic heterocycles. The summed E-state index contributed by atoms with van der Waals surface area (Å²) in [5.74, 6) is -2.42.